The van der Waals surface area contributed by atoms with Crippen LogP contribution in [-0.4, -0.2) is 36.2 Å². The van der Waals surface area contributed by atoms with E-state index in [0.29, 0.717) is 11.3 Å². The molecular formula is C12H16N2O4. The second-order valence-corrected chi connectivity index (χ2v) is 3.84. The number of rotatable bonds is 6. The third-order valence-electron chi connectivity index (χ3n) is 2.06. The molecule has 18 heavy (non-hydrogen) atoms. The number of aliphatic hydroxyl groups is 1. The highest BCUT2D eigenvalue weighted by Gasteiger charge is 2.06. The van der Waals surface area contributed by atoms with Crippen LogP contribution in [0.3, 0.4) is 0 Å². The van der Waals surface area contributed by atoms with E-state index < -0.39 is 12.0 Å². The molecule has 0 saturated carbocycles. The van der Waals surface area contributed by atoms with Gasteiger partial charge in [0.25, 0.3) is 11.8 Å². The van der Waals surface area contributed by atoms with Crippen LogP contribution in [0.25, 0.3) is 0 Å². The van der Waals surface area contributed by atoms with Gasteiger partial charge in [0.2, 0.25) is 0 Å². The number of carbonyl (C=O) groups excluding carboxylic acids is 2. The lowest BCUT2D eigenvalue weighted by atomic mass is 10.2. The summed E-state index contributed by atoms with van der Waals surface area (Å²) < 4.78 is 5.05. The SMILES string of the molecule is C[C@H](O)CNC(=O)c1ccc(OCC(N)=O)cc1. The van der Waals surface area contributed by atoms with Crippen molar-refractivity contribution in [2.75, 3.05) is 13.2 Å². The molecule has 4 N–H and O–H groups in total. The van der Waals surface area contributed by atoms with Gasteiger partial charge in [-0.15, -0.1) is 0 Å². The van der Waals surface area contributed by atoms with Gasteiger partial charge in [0.1, 0.15) is 5.75 Å². The monoisotopic (exact) mass is 252 g/mol. The van der Waals surface area contributed by atoms with Crippen molar-refractivity contribution in [1.29, 1.82) is 0 Å². The molecule has 1 rings (SSSR count). The Balaban J connectivity index is 2.53. The minimum absolute atomic E-state index is 0.193. The summed E-state index contributed by atoms with van der Waals surface area (Å²) in [5, 5.41) is 11.6. The Morgan fingerprint density at radius 3 is 2.50 bits per heavy atom. The highest BCUT2D eigenvalue weighted by Crippen LogP contribution is 2.11. The zero-order valence-electron chi connectivity index (χ0n) is 10.1. The second kappa shape index (κ2) is 6.61. The normalized spacial score (nSPS) is 11.7. The molecule has 0 aliphatic rings. The summed E-state index contributed by atoms with van der Waals surface area (Å²) in [5.41, 5.74) is 5.38. The number of hydrogen-bond acceptors (Lipinski definition) is 4. The molecule has 6 nitrogen and oxygen atoms in total. The van der Waals surface area contributed by atoms with Crippen LogP contribution in [0.15, 0.2) is 24.3 Å². The number of carbonyl (C=O) groups is 2. The molecule has 1 atom stereocenters. The molecular weight excluding hydrogens is 236 g/mol. The van der Waals surface area contributed by atoms with E-state index in [9.17, 15) is 9.59 Å². The van der Waals surface area contributed by atoms with Crippen LogP contribution in [0.2, 0.25) is 0 Å². The molecule has 0 aliphatic carbocycles. The summed E-state index contributed by atoms with van der Waals surface area (Å²) in [5.74, 6) is -0.382. The van der Waals surface area contributed by atoms with Gasteiger partial charge in [0.05, 0.1) is 6.10 Å². The first-order chi connectivity index (χ1) is 8.49. The number of amides is 2. The maximum atomic E-state index is 11.6. The molecule has 0 bridgehead atoms. The van der Waals surface area contributed by atoms with E-state index in [-0.39, 0.29) is 19.1 Å². The molecule has 0 spiro atoms. The molecule has 0 radical (unpaired) electrons. The lowest BCUT2D eigenvalue weighted by molar-refractivity contribution is -0.119. The maximum Gasteiger partial charge on any atom is 0.255 e. The number of ether oxygens (including phenoxy) is 1. The minimum atomic E-state index is -0.591. The van der Waals surface area contributed by atoms with E-state index in [1.54, 1.807) is 31.2 Å². The van der Waals surface area contributed by atoms with E-state index in [1.807, 2.05) is 0 Å². The summed E-state index contributed by atoms with van der Waals surface area (Å²) in [4.78, 5) is 22.1. The molecule has 0 fully saturated rings. The Kier molecular flexibility index (Phi) is 5.13. The lowest BCUT2D eigenvalue weighted by Crippen LogP contribution is -2.30. The zero-order valence-corrected chi connectivity index (χ0v) is 10.1. The van der Waals surface area contributed by atoms with Crippen molar-refractivity contribution in [3.63, 3.8) is 0 Å². The highest BCUT2D eigenvalue weighted by molar-refractivity contribution is 5.94. The molecule has 0 aromatic heterocycles. The second-order valence-electron chi connectivity index (χ2n) is 3.84. The van der Waals surface area contributed by atoms with Crippen molar-refractivity contribution in [2.24, 2.45) is 5.73 Å². The van der Waals surface area contributed by atoms with Gasteiger partial charge in [0, 0.05) is 12.1 Å². The fraction of sp³-hybridized carbons (Fsp3) is 0.333. The number of aliphatic hydroxyl groups excluding tert-OH is 1. The summed E-state index contributed by atoms with van der Waals surface area (Å²) in [6.45, 7) is 1.58. The van der Waals surface area contributed by atoms with Gasteiger partial charge in [-0.1, -0.05) is 0 Å². The van der Waals surface area contributed by atoms with Crippen LogP contribution < -0.4 is 15.8 Å². The molecule has 1 aromatic carbocycles. The largest absolute Gasteiger partial charge is 0.484 e. The maximum absolute atomic E-state index is 11.6. The molecule has 98 valence electrons. The molecule has 0 saturated heterocycles. The predicted molar refractivity (Wildman–Crippen MR) is 65.1 cm³/mol. The Morgan fingerprint density at radius 1 is 1.39 bits per heavy atom. The Hall–Kier alpha value is -2.08. The van der Waals surface area contributed by atoms with Gasteiger partial charge in [0.15, 0.2) is 6.61 Å². The molecule has 0 heterocycles. The third kappa shape index (κ3) is 4.84. The first-order valence-electron chi connectivity index (χ1n) is 5.46. The highest BCUT2D eigenvalue weighted by atomic mass is 16.5. The molecule has 6 heteroatoms. The van der Waals surface area contributed by atoms with Crippen LogP contribution in [0.1, 0.15) is 17.3 Å². The van der Waals surface area contributed by atoms with Gasteiger partial charge in [-0.05, 0) is 31.2 Å². The zero-order chi connectivity index (χ0) is 13.5. The molecule has 0 unspecified atom stereocenters. The van der Waals surface area contributed by atoms with Crippen LogP contribution in [0.5, 0.6) is 5.75 Å². The average Bonchev–Trinajstić information content (AvgIpc) is 2.34. The van der Waals surface area contributed by atoms with Gasteiger partial charge in [-0.3, -0.25) is 9.59 Å². The average molecular weight is 252 g/mol. The van der Waals surface area contributed by atoms with Crippen LogP contribution in [-0.2, 0) is 4.79 Å². The number of benzene rings is 1. The molecule has 1 aromatic rings. The van der Waals surface area contributed by atoms with E-state index in [0.717, 1.165) is 0 Å². The van der Waals surface area contributed by atoms with E-state index in [2.05, 4.69) is 5.32 Å². The minimum Gasteiger partial charge on any atom is -0.484 e. The van der Waals surface area contributed by atoms with Crippen LogP contribution in [0, 0.1) is 0 Å². The number of nitrogens with two attached hydrogens (primary N) is 1. The first kappa shape index (κ1) is 14.0. The van der Waals surface area contributed by atoms with Gasteiger partial charge < -0.3 is 20.9 Å². The first-order valence-corrected chi connectivity index (χ1v) is 5.46. The van der Waals surface area contributed by atoms with E-state index >= 15 is 0 Å². The van der Waals surface area contributed by atoms with Crippen LogP contribution in [0.4, 0.5) is 0 Å². The lowest BCUT2D eigenvalue weighted by Gasteiger charge is -2.08. The van der Waals surface area contributed by atoms with E-state index in [1.165, 1.54) is 0 Å². The van der Waals surface area contributed by atoms with Gasteiger partial charge >= 0.3 is 0 Å². The summed E-state index contributed by atoms with van der Waals surface area (Å²) in [7, 11) is 0. The Labute approximate surface area is 105 Å². The molecule has 2 amide bonds. The third-order valence-corrected chi connectivity index (χ3v) is 2.06. The summed E-state index contributed by atoms with van der Waals surface area (Å²) in [6, 6.07) is 6.27. The summed E-state index contributed by atoms with van der Waals surface area (Å²) >= 11 is 0. The Bertz CT molecular complexity index is 415. The van der Waals surface area contributed by atoms with E-state index in [4.69, 9.17) is 15.6 Å². The van der Waals surface area contributed by atoms with Crippen molar-refractivity contribution in [2.45, 2.75) is 13.0 Å². The fourth-order valence-electron chi connectivity index (χ4n) is 1.20. The van der Waals surface area contributed by atoms with Gasteiger partial charge in [-0.2, -0.15) is 0 Å². The number of hydrogen-bond donors (Lipinski definition) is 3. The topological polar surface area (TPSA) is 102 Å². The predicted octanol–water partition coefficient (Wildman–Crippen LogP) is -0.339. The number of nitrogens with one attached hydrogen (secondary N) is 1. The summed E-state index contributed by atoms with van der Waals surface area (Å²) in [6.07, 6.45) is -0.591. The van der Waals surface area contributed by atoms with Crippen molar-refractivity contribution < 1.29 is 19.4 Å². The molecule has 0 aliphatic heterocycles. The number of primary amides is 1. The van der Waals surface area contributed by atoms with Crippen molar-refractivity contribution in [3.05, 3.63) is 29.8 Å². The van der Waals surface area contributed by atoms with Crippen LogP contribution >= 0.6 is 0 Å². The smallest absolute Gasteiger partial charge is 0.255 e. The fourth-order valence-corrected chi connectivity index (χ4v) is 1.20. The van der Waals surface area contributed by atoms with Crippen molar-refractivity contribution >= 4 is 11.8 Å². The van der Waals surface area contributed by atoms with Gasteiger partial charge in [-0.25, -0.2) is 0 Å². The van der Waals surface area contributed by atoms with Crippen molar-refractivity contribution in [3.8, 4) is 5.75 Å². The standard InChI is InChI=1S/C12H16N2O4/c1-8(15)6-14-12(17)9-2-4-10(5-3-9)18-7-11(13)16/h2-5,8,15H,6-7H2,1H3,(H2,13,16)(H,14,17)/t8-/m0/s1. The quantitative estimate of drug-likeness (QED) is 0.644. The Morgan fingerprint density at radius 2 is 2.00 bits per heavy atom. The van der Waals surface area contributed by atoms with Crippen molar-refractivity contribution in [1.82, 2.24) is 5.32 Å².